The highest BCUT2D eigenvalue weighted by molar-refractivity contribution is 7.92. The molecule has 3 aromatic carbocycles. The first-order chi connectivity index (χ1) is 15.1. The molecule has 0 aliphatic carbocycles. The fourth-order valence-electron chi connectivity index (χ4n) is 3.17. The zero-order valence-corrected chi connectivity index (χ0v) is 18.9. The van der Waals surface area contributed by atoms with Crippen LogP contribution in [0.15, 0.2) is 71.6 Å². The molecule has 0 aliphatic heterocycles. The van der Waals surface area contributed by atoms with E-state index in [1.54, 1.807) is 25.1 Å². The number of anilines is 2. The summed E-state index contributed by atoms with van der Waals surface area (Å²) >= 11 is 0. The molecule has 0 saturated carbocycles. The molecule has 0 aromatic heterocycles. The Hall–Kier alpha value is -3.65. The Kier molecular flexibility index (Phi) is 6.64. The monoisotopic (exact) mass is 451 g/mol. The lowest BCUT2D eigenvalue weighted by Crippen LogP contribution is -2.38. The molecule has 0 unspecified atom stereocenters. The number of hydrogen-bond donors (Lipinski definition) is 2. The molecule has 0 aliphatic rings. The molecule has 0 bridgehead atoms. The average Bonchev–Trinajstić information content (AvgIpc) is 2.74. The van der Waals surface area contributed by atoms with Gasteiger partial charge in [0.25, 0.3) is 10.0 Å². The van der Waals surface area contributed by atoms with E-state index in [9.17, 15) is 18.0 Å². The Labute approximate surface area is 187 Å². The smallest absolute Gasteiger partial charge is 0.264 e. The quantitative estimate of drug-likeness (QED) is 0.572. The van der Waals surface area contributed by atoms with E-state index in [0.29, 0.717) is 16.9 Å². The van der Waals surface area contributed by atoms with Gasteiger partial charge in [0.2, 0.25) is 11.8 Å². The molecule has 0 fully saturated rings. The number of sulfonamides is 1. The summed E-state index contributed by atoms with van der Waals surface area (Å²) in [4.78, 5) is 24.2. The molecule has 32 heavy (non-hydrogen) atoms. The highest BCUT2D eigenvalue weighted by Crippen LogP contribution is 2.28. The molecular formula is C24H25N3O4S. The number of rotatable bonds is 7. The van der Waals surface area contributed by atoms with Gasteiger partial charge in [-0.05, 0) is 74.4 Å². The van der Waals surface area contributed by atoms with Crippen molar-refractivity contribution in [3.63, 3.8) is 0 Å². The second kappa shape index (κ2) is 9.23. The highest BCUT2D eigenvalue weighted by atomic mass is 32.2. The number of primary amides is 1. The molecule has 7 nitrogen and oxygen atoms in total. The third-order valence-electron chi connectivity index (χ3n) is 4.98. The van der Waals surface area contributed by atoms with Crippen LogP contribution in [0.5, 0.6) is 0 Å². The van der Waals surface area contributed by atoms with E-state index in [0.717, 1.165) is 21.0 Å². The van der Waals surface area contributed by atoms with Crippen LogP contribution in [0.3, 0.4) is 0 Å². The van der Waals surface area contributed by atoms with Gasteiger partial charge in [-0.1, -0.05) is 29.8 Å². The van der Waals surface area contributed by atoms with Crippen LogP contribution in [0.25, 0.3) is 0 Å². The lowest BCUT2D eigenvalue weighted by Gasteiger charge is -2.26. The van der Waals surface area contributed by atoms with E-state index in [4.69, 9.17) is 5.73 Å². The predicted octanol–water partition coefficient (Wildman–Crippen LogP) is 3.54. The van der Waals surface area contributed by atoms with Gasteiger partial charge in [-0.15, -0.1) is 0 Å². The standard InChI is InChI=1S/C24H25N3O4S/c1-16-5-12-21(13-6-16)32(30,31)27(22-14-17(2)4-7-18(22)3)15-23(28)26-20-10-8-19(9-11-20)24(25)29/h4-14H,15H2,1-3H3,(H2,25,29)(H,26,28). The molecule has 3 N–H and O–H groups in total. The van der Waals surface area contributed by atoms with Crippen LogP contribution < -0.4 is 15.4 Å². The number of hydrogen-bond acceptors (Lipinski definition) is 4. The zero-order valence-electron chi connectivity index (χ0n) is 18.1. The number of carbonyl (C=O) groups excluding carboxylic acids is 2. The van der Waals surface area contributed by atoms with Gasteiger partial charge in [0.05, 0.1) is 10.6 Å². The van der Waals surface area contributed by atoms with Crippen LogP contribution >= 0.6 is 0 Å². The molecule has 0 atom stereocenters. The molecule has 2 amide bonds. The second-order valence-electron chi connectivity index (χ2n) is 7.60. The normalized spacial score (nSPS) is 11.1. The average molecular weight is 452 g/mol. The molecule has 0 saturated heterocycles. The van der Waals surface area contributed by atoms with Crippen LogP contribution in [0.4, 0.5) is 11.4 Å². The van der Waals surface area contributed by atoms with E-state index in [-0.39, 0.29) is 4.90 Å². The maximum atomic E-state index is 13.5. The summed E-state index contributed by atoms with van der Waals surface area (Å²) in [6.45, 7) is 5.11. The molecule has 3 aromatic rings. The van der Waals surface area contributed by atoms with Crippen molar-refractivity contribution in [1.29, 1.82) is 0 Å². The van der Waals surface area contributed by atoms with Crippen molar-refractivity contribution < 1.29 is 18.0 Å². The first-order valence-electron chi connectivity index (χ1n) is 9.94. The van der Waals surface area contributed by atoms with Gasteiger partial charge in [0, 0.05) is 11.3 Å². The van der Waals surface area contributed by atoms with E-state index in [1.165, 1.54) is 36.4 Å². The summed E-state index contributed by atoms with van der Waals surface area (Å²) in [7, 11) is -4.00. The predicted molar refractivity (Wildman–Crippen MR) is 125 cm³/mol. The van der Waals surface area contributed by atoms with Crippen LogP contribution in [0.1, 0.15) is 27.0 Å². The van der Waals surface area contributed by atoms with E-state index in [1.807, 2.05) is 26.0 Å². The fourth-order valence-corrected chi connectivity index (χ4v) is 4.65. The molecule has 0 heterocycles. The summed E-state index contributed by atoms with van der Waals surface area (Å²) < 4.78 is 28.1. The maximum Gasteiger partial charge on any atom is 0.264 e. The molecular weight excluding hydrogens is 426 g/mol. The van der Waals surface area contributed by atoms with E-state index < -0.39 is 28.4 Å². The number of benzene rings is 3. The van der Waals surface area contributed by atoms with Crippen molar-refractivity contribution >= 4 is 33.2 Å². The summed E-state index contributed by atoms with van der Waals surface area (Å²) in [6.07, 6.45) is 0. The fraction of sp³-hybridized carbons (Fsp3) is 0.167. The van der Waals surface area contributed by atoms with Crippen molar-refractivity contribution in [1.82, 2.24) is 0 Å². The van der Waals surface area contributed by atoms with Crippen molar-refractivity contribution in [2.75, 3.05) is 16.2 Å². The van der Waals surface area contributed by atoms with Crippen LogP contribution in [-0.2, 0) is 14.8 Å². The van der Waals surface area contributed by atoms with Gasteiger partial charge < -0.3 is 11.1 Å². The molecule has 0 spiro atoms. The van der Waals surface area contributed by atoms with Crippen molar-refractivity contribution in [2.45, 2.75) is 25.7 Å². The SMILES string of the molecule is Cc1ccc(S(=O)(=O)N(CC(=O)Nc2ccc(C(N)=O)cc2)c2cc(C)ccc2C)cc1. The molecule has 3 rings (SSSR count). The first-order valence-corrected chi connectivity index (χ1v) is 11.4. The number of nitrogens with one attached hydrogen (secondary N) is 1. The van der Waals surface area contributed by atoms with Crippen LogP contribution in [-0.4, -0.2) is 26.8 Å². The van der Waals surface area contributed by atoms with Gasteiger partial charge in [-0.25, -0.2) is 8.42 Å². The minimum atomic E-state index is -4.00. The number of carbonyl (C=O) groups is 2. The number of nitrogens with two attached hydrogens (primary N) is 1. The Morgan fingerprint density at radius 1 is 0.875 bits per heavy atom. The summed E-state index contributed by atoms with van der Waals surface area (Å²) in [5.41, 5.74) is 8.93. The molecule has 166 valence electrons. The Balaban J connectivity index is 1.95. The molecule has 8 heteroatoms. The maximum absolute atomic E-state index is 13.5. The van der Waals surface area contributed by atoms with Gasteiger partial charge in [-0.2, -0.15) is 0 Å². The third kappa shape index (κ3) is 5.15. The van der Waals surface area contributed by atoms with Crippen molar-refractivity contribution in [3.8, 4) is 0 Å². The summed E-state index contributed by atoms with van der Waals surface area (Å²) in [5.74, 6) is -1.10. The largest absolute Gasteiger partial charge is 0.366 e. The van der Waals surface area contributed by atoms with E-state index >= 15 is 0 Å². The number of aryl methyl sites for hydroxylation is 3. The van der Waals surface area contributed by atoms with E-state index in [2.05, 4.69) is 5.32 Å². The Bertz CT molecular complexity index is 1250. The van der Waals surface area contributed by atoms with Gasteiger partial charge in [-0.3, -0.25) is 13.9 Å². The lowest BCUT2D eigenvalue weighted by molar-refractivity contribution is -0.114. The minimum absolute atomic E-state index is 0.0996. The highest BCUT2D eigenvalue weighted by Gasteiger charge is 2.28. The third-order valence-corrected chi connectivity index (χ3v) is 6.76. The lowest BCUT2D eigenvalue weighted by atomic mass is 10.1. The van der Waals surface area contributed by atoms with Crippen molar-refractivity contribution in [2.24, 2.45) is 5.73 Å². The zero-order chi connectivity index (χ0) is 23.5. The summed E-state index contributed by atoms with van der Waals surface area (Å²) in [6, 6.07) is 18.0. The Morgan fingerprint density at radius 3 is 2.06 bits per heavy atom. The van der Waals surface area contributed by atoms with Crippen LogP contribution in [0.2, 0.25) is 0 Å². The summed E-state index contributed by atoms with van der Waals surface area (Å²) in [5, 5.41) is 2.68. The number of nitrogens with zero attached hydrogens (tertiary/aromatic N) is 1. The Morgan fingerprint density at radius 2 is 1.47 bits per heavy atom. The van der Waals surface area contributed by atoms with Gasteiger partial charge >= 0.3 is 0 Å². The first kappa shape index (κ1) is 23.0. The number of amides is 2. The molecule has 0 radical (unpaired) electrons. The topological polar surface area (TPSA) is 110 Å². The second-order valence-corrected chi connectivity index (χ2v) is 9.47. The van der Waals surface area contributed by atoms with Crippen LogP contribution in [0, 0.1) is 20.8 Å². The van der Waals surface area contributed by atoms with Crippen molar-refractivity contribution in [3.05, 3.63) is 89.0 Å². The van der Waals surface area contributed by atoms with Gasteiger partial charge in [0.1, 0.15) is 6.54 Å². The van der Waals surface area contributed by atoms with Gasteiger partial charge in [0.15, 0.2) is 0 Å². The minimum Gasteiger partial charge on any atom is -0.366 e.